The summed E-state index contributed by atoms with van der Waals surface area (Å²) in [7, 11) is 0. The van der Waals surface area contributed by atoms with Crippen molar-refractivity contribution in [1.82, 2.24) is 0 Å². The second-order valence-corrected chi connectivity index (χ2v) is 2.87. The smallest absolute Gasteiger partial charge is 0.117 e. The zero-order chi connectivity index (χ0) is 9.14. The molecule has 0 aliphatic carbocycles. The summed E-state index contributed by atoms with van der Waals surface area (Å²) in [6, 6.07) is 3.57. The molecule has 0 fully saturated rings. The first kappa shape index (κ1) is 9.29. The summed E-state index contributed by atoms with van der Waals surface area (Å²) in [4.78, 5) is 0. The van der Waals surface area contributed by atoms with E-state index in [2.05, 4.69) is 0 Å². The number of benzene rings is 1. The first-order chi connectivity index (χ1) is 5.65. The van der Waals surface area contributed by atoms with Crippen molar-refractivity contribution in [2.75, 3.05) is 6.67 Å². The van der Waals surface area contributed by atoms with Crippen LogP contribution in [0.2, 0.25) is 5.02 Å². The molecule has 1 aromatic carbocycles. The molecule has 0 saturated heterocycles. The van der Waals surface area contributed by atoms with Crippen LogP contribution in [-0.4, -0.2) is 11.8 Å². The van der Waals surface area contributed by atoms with Gasteiger partial charge in [-0.25, -0.2) is 4.39 Å². The molecule has 1 aromatic rings. The second kappa shape index (κ2) is 3.74. The van der Waals surface area contributed by atoms with Crippen molar-refractivity contribution in [1.29, 1.82) is 0 Å². The Kier molecular flexibility index (Phi) is 2.89. The highest BCUT2D eigenvalue weighted by atomic mass is 35.5. The summed E-state index contributed by atoms with van der Waals surface area (Å²) in [6.07, 6.45) is 0. The van der Waals surface area contributed by atoms with Gasteiger partial charge in [-0.05, 0) is 17.7 Å². The molecular formula is C8H9ClFNO. The summed E-state index contributed by atoms with van der Waals surface area (Å²) >= 11 is 5.70. The Hall–Kier alpha value is -0.800. The van der Waals surface area contributed by atoms with E-state index in [4.69, 9.17) is 22.4 Å². The zero-order valence-corrected chi connectivity index (χ0v) is 7.05. The van der Waals surface area contributed by atoms with E-state index in [1.165, 1.54) is 18.2 Å². The molecule has 0 unspecified atom stereocenters. The van der Waals surface area contributed by atoms with Crippen LogP contribution in [0.15, 0.2) is 18.2 Å². The number of rotatable bonds is 2. The normalized spacial score (nSPS) is 12.9. The molecular weight excluding hydrogens is 181 g/mol. The summed E-state index contributed by atoms with van der Waals surface area (Å²) in [6.45, 7) is -0.662. The van der Waals surface area contributed by atoms with Gasteiger partial charge in [0.05, 0.1) is 6.04 Å². The highest BCUT2D eigenvalue weighted by molar-refractivity contribution is 6.31. The number of phenolic OH excluding ortho intramolecular Hbond substituents is 1. The molecule has 0 radical (unpaired) electrons. The Bertz CT molecular complexity index is 280. The van der Waals surface area contributed by atoms with Gasteiger partial charge in [0.2, 0.25) is 0 Å². The highest BCUT2D eigenvalue weighted by Gasteiger charge is 2.09. The van der Waals surface area contributed by atoms with E-state index in [-0.39, 0.29) is 5.75 Å². The highest BCUT2D eigenvalue weighted by Crippen LogP contribution is 2.25. The van der Waals surface area contributed by atoms with Crippen LogP contribution in [-0.2, 0) is 0 Å². The van der Waals surface area contributed by atoms with E-state index in [1.54, 1.807) is 0 Å². The molecule has 0 spiro atoms. The van der Waals surface area contributed by atoms with Crippen LogP contribution in [0, 0.1) is 0 Å². The number of aromatic hydroxyl groups is 1. The molecule has 0 aliphatic rings. The number of hydrogen-bond donors (Lipinski definition) is 2. The Labute approximate surface area is 74.8 Å². The van der Waals surface area contributed by atoms with Gasteiger partial charge in [0.15, 0.2) is 0 Å². The average molecular weight is 190 g/mol. The molecule has 0 saturated carbocycles. The monoisotopic (exact) mass is 189 g/mol. The Morgan fingerprint density at radius 3 is 2.75 bits per heavy atom. The zero-order valence-electron chi connectivity index (χ0n) is 6.30. The number of alkyl halides is 1. The third kappa shape index (κ3) is 1.87. The number of phenols is 1. The van der Waals surface area contributed by atoms with Crippen molar-refractivity contribution in [3.8, 4) is 5.75 Å². The maximum absolute atomic E-state index is 12.1. The molecule has 0 amide bonds. The van der Waals surface area contributed by atoms with Crippen LogP contribution >= 0.6 is 11.6 Å². The van der Waals surface area contributed by atoms with Crippen molar-refractivity contribution in [2.24, 2.45) is 5.73 Å². The molecule has 0 aliphatic heterocycles. The minimum absolute atomic E-state index is 0.0507. The van der Waals surface area contributed by atoms with E-state index in [0.29, 0.717) is 10.6 Å². The van der Waals surface area contributed by atoms with E-state index in [9.17, 15) is 4.39 Å². The lowest BCUT2D eigenvalue weighted by molar-refractivity contribution is 0.436. The molecule has 12 heavy (non-hydrogen) atoms. The van der Waals surface area contributed by atoms with Gasteiger partial charge in [0.1, 0.15) is 12.4 Å². The van der Waals surface area contributed by atoms with Crippen molar-refractivity contribution >= 4 is 11.6 Å². The fourth-order valence-corrected chi connectivity index (χ4v) is 1.21. The first-order valence-corrected chi connectivity index (χ1v) is 3.83. The van der Waals surface area contributed by atoms with Gasteiger partial charge in [-0.1, -0.05) is 17.7 Å². The second-order valence-electron chi connectivity index (χ2n) is 2.47. The quantitative estimate of drug-likeness (QED) is 0.748. The van der Waals surface area contributed by atoms with Gasteiger partial charge in [0.25, 0.3) is 0 Å². The van der Waals surface area contributed by atoms with E-state index in [1.807, 2.05) is 0 Å². The SMILES string of the molecule is N[C@@H](CF)c1ccc(O)cc1Cl. The number of halogens is 2. The molecule has 66 valence electrons. The Morgan fingerprint density at radius 1 is 1.58 bits per heavy atom. The third-order valence-corrected chi connectivity index (χ3v) is 1.88. The largest absolute Gasteiger partial charge is 0.508 e. The Morgan fingerprint density at radius 2 is 2.25 bits per heavy atom. The van der Waals surface area contributed by atoms with Crippen molar-refractivity contribution in [3.05, 3.63) is 28.8 Å². The van der Waals surface area contributed by atoms with Gasteiger partial charge in [0, 0.05) is 5.02 Å². The predicted molar refractivity (Wildman–Crippen MR) is 46.0 cm³/mol. The molecule has 0 aromatic heterocycles. The number of nitrogens with two attached hydrogens (primary N) is 1. The van der Waals surface area contributed by atoms with Gasteiger partial charge in [-0.3, -0.25) is 0 Å². The Balaban J connectivity index is 3.01. The topological polar surface area (TPSA) is 46.2 Å². The summed E-state index contributed by atoms with van der Waals surface area (Å²) < 4.78 is 12.1. The van der Waals surface area contributed by atoms with Crippen LogP contribution < -0.4 is 5.73 Å². The molecule has 4 heteroatoms. The van der Waals surface area contributed by atoms with Crippen molar-refractivity contribution in [2.45, 2.75) is 6.04 Å². The lowest BCUT2D eigenvalue weighted by Gasteiger charge is -2.09. The van der Waals surface area contributed by atoms with Crippen LogP contribution in [0.25, 0.3) is 0 Å². The average Bonchev–Trinajstić information content (AvgIpc) is 2.03. The molecule has 1 atom stereocenters. The van der Waals surface area contributed by atoms with E-state index < -0.39 is 12.7 Å². The molecule has 2 nitrogen and oxygen atoms in total. The van der Waals surface area contributed by atoms with Gasteiger partial charge in [-0.15, -0.1) is 0 Å². The van der Waals surface area contributed by atoms with Crippen LogP contribution in [0.5, 0.6) is 5.75 Å². The molecule has 0 bridgehead atoms. The maximum atomic E-state index is 12.1. The van der Waals surface area contributed by atoms with Gasteiger partial charge < -0.3 is 10.8 Å². The van der Waals surface area contributed by atoms with E-state index >= 15 is 0 Å². The van der Waals surface area contributed by atoms with Gasteiger partial charge >= 0.3 is 0 Å². The summed E-state index contributed by atoms with van der Waals surface area (Å²) in [5.41, 5.74) is 5.92. The van der Waals surface area contributed by atoms with Crippen LogP contribution in [0.4, 0.5) is 4.39 Å². The standard InChI is InChI=1S/C8H9ClFNO/c9-7-3-5(12)1-2-6(7)8(11)4-10/h1-3,8,12H,4,11H2/t8-/m0/s1. The fraction of sp³-hybridized carbons (Fsp3) is 0.250. The first-order valence-electron chi connectivity index (χ1n) is 3.45. The van der Waals surface area contributed by atoms with Crippen molar-refractivity contribution in [3.63, 3.8) is 0 Å². The molecule has 1 rings (SSSR count). The van der Waals surface area contributed by atoms with Crippen LogP contribution in [0.1, 0.15) is 11.6 Å². The lowest BCUT2D eigenvalue weighted by Crippen LogP contribution is -2.12. The maximum Gasteiger partial charge on any atom is 0.117 e. The predicted octanol–water partition coefficient (Wildman–Crippen LogP) is 2.01. The fourth-order valence-electron chi connectivity index (χ4n) is 0.900. The minimum Gasteiger partial charge on any atom is -0.508 e. The number of hydrogen-bond acceptors (Lipinski definition) is 2. The summed E-state index contributed by atoms with van der Waals surface area (Å²) in [5, 5.41) is 9.26. The van der Waals surface area contributed by atoms with E-state index in [0.717, 1.165) is 0 Å². The summed E-state index contributed by atoms with van der Waals surface area (Å²) in [5.74, 6) is 0.0507. The van der Waals surface area contributed by atoms with Crippen LogP contribution in [0.3, 0.4) is 0 Å². The third-order valence-electron chi connectivity index (χ3n) is 1.55. The lowest BCUT2D eigenvalue weighted by atomic mass is 10.1. The molecule has 3 N–H and O–H groups in total. The minimum atomic E-state index is -0.710. The van der Waals surface area contributed by atoms with Gasteiger partial charge in [-0.2, -0.15) is 0 Å². The molecule has 0 heterocycles. The van der Waals surface area contributed by atoms with Crippen molar-refractivity contribution < 1.29 is 9.50 Å².